The smallest absolute Gasteiger partial charge is 0.259 e. The van der Waals surface area contributed by atoms with Gasteiger partial charge in [0.2, 0.25) is 0 Å². The molecule has 1 aromatic rings. The van der Waals surface area contributed by atoms with E-state index in [4.69, 9.17) is 16.3 Å². The van der Waals surface area contributed by atoms with Crippen molar-refractivity contribution >= 4 is 34.0 Å². The molecule has 0 saturated carbocycles. The lowest BCUT2D eigenvalue weighted by Crippen LogP contribution is -2.53. The van der Waals surface area contributed by atoms with Crippen LogP contribution in [0, 0.1) is 0 Å². The van der Waals surface area contributed by atoms with Gasteiger partial charge in [-0.3, -0.25) is 4.68 Å². The van der Waals surface area contributed by atoms with Crippen molar-refractivity contribution in [3.63, 3.8) is 0 Å². The molecule has 2 heterocycles. The van der Waals surface area contributed by atoms with E-state index < -0.39 is 10.0 Å². The first-order chi connectivity index (χ1) is 9.40. The van der Waals surface area contributed by atoms with E-state index in [-0.39, 0.29) is 34.5 Å². The molecule has 0 spiro atoms. The van der Waals surface area contributed by atoms with Crippen molar-refractivity contribution in [2.45, 2.75) is 23.4 Å². The Bertz CT molecular complexity index is 551. The molecule has 1 fully saturated rings. The molecule has 0 radical (unpaired) electrons. The molecule has 1 unspecified atom stereocenters. The van der Waals surface area contributed by atoms with Gasteiger partial charge in [-0.15, -0.1) is 12.4 Å². The number of aromatic nitrogens is 2. The number of halogens is 2. The number of ether oxygens (including phenoxy) is 1. The fourth-order valence-corrected chi connectivity index (χ4v) is 4.25. The minimum absolute atomic E-state index is 0. The number of nitrogens with zero attached hydrogens (tertiary/aromatic N) is 2. The predicted octanol–water partition coefficient (Wildman–Crippen LogP) is 0.542. The first-order valence-corrected chi connectivity index (χ1v) is 8.17. The molecule has 1 aliphatic heterocycles. The molecule has 2 N–H and O–H groups in total. The molecular weight excluding hydrogens is 339 g/mol. The minimum Gasteiger partial charge on any atom is -0.383 e. The Morgan fingerprint density at radius 3 is 2.81 bits per heavy atom. The quantitative estimate of drug-likeness (QED) is 0.775. The topological polar surface area (TPSA) is 85.2 Å². The zero-order chi connectivity index (χ0) is 14.8. The normalized spacial score (nSPS) is 22.2. The summed E-state index contributed by atoms with van der Waals surface area (Å²) in [5, 5.41) is 7.24. The minimum atomic E-state index is -3.70. The van der Waals surface area contributed by atoms with Crippen molar-refractivity contribution in [2.75, 3.05) is 26.8 Å². The highest BCUT2D eigenvalue weighted by Crippen LogP contribution is 2.22. The molecule has 1 atom stereocenters. The third-order valence-corrected chi connectivity index (χ3v) is 5.36. The average molecular weight is 359 g/mol. The Morgan fingerprint density at radius 2 is 2.33 bits per heavy atom. The third-order valence-electron chi connectivity index (χ3n) is 3.45. The van der Waals surface area contributed by atoms with Gasteiger partial charge in [0.15, 0.2) is 5.03 Å². The second-order valence-corrected chi connectivity index (χ2v) is 7.08. The van der Waals surface area contributed by atoms with Crippen molar-refractivity contribution < 1.29 is 13.2 Å². The Hall–Kier alpha value is -0.380. The number of nitrogens with one attached hydrogen (secondary N) is 2. The van der Waals surface area contributed by atoms with E-state index in [0.717, 1.165) is 19.4 Å². The van der Waals surface area contributed by atoms with Crippen LogP contribution in [0.5, 0.6) is 0 Å². The van der Waals surface area contributed by atoms with Crippen LogP contribution in [0.15, 0.2) is 11.2 Å². The molecule has 122 valence electrons. The highest BCUT2D eigenvalue weighted by molar-refractivity contribution is 7.89. The summed E-state index contributed by atoms with van der Waals surface area (Å²) in [6.45, 7) is 1.57. The van der Waals surface area contributed by atoms with Crippen molar-refractivity contribution in [1.82, 2.24) is 19.8 Å². The fraction of sp³-hybridized carbons (Fsp3) is 0.727. The Balaban J connectivity index is 0.00000220. The SMILES string of the molecule is COCC1(CNS(=O)(=O)c2c(Cl)cnn2C)CCCN1.Cl. The first kappa shape index (κ1) is 18.7. The van der Waals surface area contributed by atoms with Crippen LogP contribution in [0.4, 0.5) is 0 Å². The molecule has 2 rings (SSSR count). The van der Waals surface area contributed by atoms with Gasteiger partial charge in [0.05, 0.1) is 23.4 Å². The summed E-state index contributed by atoms with van der Waals surface area (Å²) >= 11 is 5.88. The Kier molecular flexibility index (Phi) is 6.45. The van der Waals surface area contributed by atoms with E-state index in [9.17, 15) is 8.42 Å². The predicted molar refractivity (Wildman–Crippen MR) is 82.5 cm³/mol. The summed E-state index contributed by atoms with van der Waals surface area (Å²) in [5.41, 5.74) is -0.354. The second-order valence-electron chi connectivity index (χ2n) is 4.99. The average Bonchev–Trinajstić information content (AvgIpc) is 2.96. The van der Waals surface area contributed by atoms with Crippen LogP contribution in [0.2, 0.25) is 5.02 Å². The number of hydrogen-bond donors (Lipinski definition) is 2. The highest BCUT2D eigenvalue weighted by Gasteiger charge is 2.35. The molecule has 21 heavy (non-hydrogen) atoms. The van der Waals surface area contributed by atoms with Gasteiger partial charge in [-0.05, 0) is 19.4 Å². The lowest BCUT2D eigenvalue weighted by Gasteiger charge is -2.28. The van der Waals surface area contributed by atoms with E-state index in [1.165, 1.54) is 10.9 Å². The van der Waals surface area contributed by atoms with Gasteiger partial charge in [0.25, 0.3) is 10.0 Å². The van der Waals surface area contributed by atoms with Crippen LogP contribution >= 0.6 is 24.0 Å². The van der Waals surface area contributed by atoms with E-state index >= 15 is 0 Å². The van der Waals surface area contributed by atoms with Gasteiger partial charge < -0.3 is 10.1 Å². The molecule has 0 bridgehead atoms. The number of sulfonamides is 1. The molecule has 7 nitrogen and oxygen atoms in total. The molecule has 0 amide bonds. The summed E-state index contributed by atoms with van der Waals surface area (Å²) < 4.78 is 33.7. The zero-order valence-electron chi connectivity index (χ0n) is 11.9. The van der Waals surface area contributed by atoms with Crippen LogP contribution in [0.1, 0.15) is 12.8 Å². The summed E-state index contributed by atoms with van der Waals surface area (Å²) in [4.78, 5) is 0. The monoisotopic (exact) mass is 358 g/mol. The van der Waals surface area contributed by atoms with Crippen molar-refractivity contribution in [1.29, 1.82) is 0 Å². The van der Waals surface area contributed by atoms with Gasteiger partial charge in [-0.2, -0.15) is 5.10 Å². The van der Waals surface area contributed by atoms with Gasteiger partial charge in [0.1, 0.15) is 0 Å². The van der Waals surface area contributed by atoms with Crippen LogP contribution < -0.4 is 10.0 Å². The maximum atomic E-state index is 12.3. The maximum absolute atomic E-state index is 12.3. The van der Waals surface area contributed by atoms with Crippen LogP contribution in [0.3, 0.4) is 0 Å². The lowest BCUT2D eigenvalue weighted by molar-refractivity contribution is 0.122. The molecule has 0 aliphatic carbocycles. The van der Waals surface area contributed by atoms with Gasteiger partial charge in [-0.1, -0.05) is 11.6 Å². The molecule has 0 aromatic carbocycles. The van der Waals surface area contributed by atoms with Crippen LogP contribution in [-0.2, 0) is 21.8 Å². The van der Waals surface area contributed by atoms with Crippen LogP contribution in [-0.4, -0.2) is 50.5 Å². The first-order valence-electron chi connectivity index (χ1n) is 6.31. The molecular formula is C11H20Cl2N4O3S. The van der Waals surface area contributed by atoms with E-state index in [1.54, 1.807) is 14.2 Å². The maximum Gasteiger partial charge on any atom is 0.259 e. The van der Waals surface area contributed by atoms with Crippen molar-refractivity contribution in [2.24, 2.45) is 7.05 Å². The number of aryl methyl sites for hydroxylation is 1. The van der Waals surface area contributed by atoms with Gasteiger partial charge >= 0.3 is 0 Å². The third kappa shape index (κ3) is 4.08. The Labute approximate surface area is 135 Å². The van der Waals surface area contributed by atoms with Crippen molar-refractivity contribution in [3.05, 3.63) is 11.2 Å². The standard InChI is InChI=1S/C11H19ClN4O3S.ClH/c1-16-10(9(12)6-14-16)20(17,18)15-7-11(8-19-2)4-3-5-13-11;/h6,13,15H,3-5,7-8H2,1-2H3;1H. The number of hydrogen-bond acceptors (Lipinski definition) is 5. The molecule has 1 aromatic heterocycles. The highest BCUT2D eigenvalue weighted by atomic mass is 35.5. The number of methoxy groups -OCH3 is 1. The van der Waals surface area contributed by atoms with Gasteiger partial charge in [-0.25, -0.2) is 13.1 Å². The summed E-state index contributed by atoms with van der Waals surface area (Å²) in [6.07, 6.45) is 3.18. The Morgan fingerprint density at radius 1 is 1.62 bits per heavy atom. The molecule has 1 saturated heterocycles. The molecule has 10 heteroatoms. The zero-order valence-corrected chi connectivity index (χ0v) is 14.3. The summed E-state index contributed by atoms with van der Waals surface area (Å²) in [6, 6.07) is 0. The van der Waals surface area contributed by atoms with E-state index in [2.05, 4.69) is 15.1 Å². The van der Waals surface area contributed by atoms with Gasteiger partial charge in [0, 0.05) is 20.7 Å². The largest absolute Gasteiger partial charge is 0.383 e. The van der Waals surface area contributed by atoms with E-state index in [1.807, 2.05) is 0 Å². The fourth-order valence-electron chi connectivity index (χ4n) is 2.47. The van der Waals surface area contributed by atoms with Crippen LogP contribution in [0.25, 0.3) is 0 Å². The summed E-state index contributed by atoms with van der Waals surface area (Å²) in [5.74, 6) is 0. The molecule has 1 aliphatic rings. The summed E-state index contributed by atoms with van der Waals surface area (Å²) in [7, 11) is -0.553. The second kappa shape index (κ2) is 7.26. The van der Waals surface area contributed by atoms with E-state index in [0.29, 0.717) is 6.61 Å². The number of rotatable bonds is 6. The van der Waals surface area contributed by atoms with Crippen molar-refractivity contribution in [3.8, 4) is 0 Å². The lowest BCUT2D eigenvalue weighted by atomic mass is 9.99.